The molecule has 0 bridgehead atoms. The van der Waals surface area contributed by atoms with E-state index in [-0.39, 0.29) is 11.9 Å². The van der Waals surface area contributed by atoms with E-state index in [1.165, 1.54) is 4.80 Å². The topological polar surface area (TPSA) is 51.0 Å². The van der Waals surface area contributed by atoms with E-state index in [1.807, 2.05) is 24.0 Å². The summed E-state index contributed by atoms with van der Waals surface area (Å²) in [5.41, 5.74) is 1.82. The number of carbonyl (C=O) groups is 1. The first kappa shape index (κ1) is 17.0. The zero-order valence-corrected chi connectivity index (χ0v) is 15.3. The van der Waals surface area contributed by atoms with Crippen LogP contribution in [0, 0.1) is 12.8 Å². The molecule has 1 heterocycles. The van der Waals surface area contributed by atoms with Crippen LogP contribution < -0.4 is 0 Å². The lowest BCUT2D eigenvalue weighted by molar-refractivity contribution is 0.0620. The number of hydrogen-bond acceptors (Lipinski definition) is 3. The van der Waals surface area contributed by atoms with E-state index in [0.717, 1.165) is 18.5 Å². The van der Waals surface area contributed by atoms with Gasteiger partial charge in [0.15, 0.2) is 5.69 Å². The Kier molecular flexibility index (Phi) is 4.63. The van der Waals surface area contributed by atoms with Gasteiger partial charge in [-0.3, -0.25) is 4.79 Å². The molecule has 1 aromatic carbocycles. The van der Waals surface area contributed by atoms with Crippen molar-refractivity contribution in [1.29, 1.82) is 0 Å². The molecule has 6 heteroatoms. The van der Waals surface area contributed by atoms with Crippen LogP contribution in [0.3, 0.4) is 0 Å². The van der Waals surface area contributed by atoms with Gasteiger partial charge >= 0.3 is 0 Å². The van der Waals surface area contributed by atoms with E-state index in [4.69, 9.17) is 11.6 Å². The Bertz CT molecular complexity index is 751. The van der Waals surface area contributed by atoms with E-state index in [0.29, 0.717) is 28.4 Å². The normalized spacial score (nSPS) is 15.6. The Morgan fingerprint density at radius 1 is 1.29 bits per heavy atom. The van der Waals surface area contributed by atoms with Crippen LogP contribution in [-0.4, -0.2) is 37.9 Å². The summed E-state index contributed by atoms with van der Waals surface area (Å²) in [6.45, 7) is 8.22. The van der Waals surface area contributed by atoms with Gasteiger partial charge in [-0.25, -0.2) is 0 Å². The first-order valence-corrected chi connectivity index (χ1v) is 8.79. The van der Waals surface area contributed by atoms with Crippen LogP contribution in [0.15, 0.2) is 24.3 Å². The minimum absolute atomic E-state index is 0.0236. The van der Waals surface area contributed by atoms with E-state index in [1.54, 1.807) is 12.1 Å². The summed E-state index contributed by atoms with van der Waals surface area (Å²) >= 11 is 6.04. The van der Waals surface area contributed by atoms with E-state index >= 15 is 0 Å². The second-order valence-corrected chi connectivity index (χ2v) is 7.27. The molecule has 2 aromatic rings. The molecule has 128 valence electrons. The van der Waals surface area contributed by atoms with E-state index in [9.17, 15) is 4.79 Å². The lowest BCUT2D eigenvalue weighted by Crippen LogP contribution is -2.43. The molecule has 0 N–H and O–H groups in total. The maximum atomic E-state index is 13.1. The molecule has 0 radical (unpaired) electrons. The number of aromatic nitrogens is 3. The van der Waals surface area contributed by atoms with E-state index < -0.39 is 0 Å². The smallest absolute Gasteiger partial charge is 0.276 e. The molecular formula is C18H23ClN4O. The average Bonchev–Trinajstić information content (AvgIpc) is 3.28. The van der Waals surface area contributed by atoms with E-state index in [2.05, 4.69) is 31.0 Å². The molecule has 1 aromatic heterocycles. The van der Waals surface area contributed by atoms with Crippen molar-refractivity contribution < 1.29 is 4.79 Å². The summed E-state index contributed by atoms with van der Waals surface area (Å²) < 4.78 is 0. The predicted octanol–water partition coefficient (Wildman–Crippen LogP) is 3.88. The van der Waals surface area contributed by atoms with Crippen LogP contribution in [0.2, 0.25) is 5.02 Å². The minimum atomic E-state index is -0.0236. The molecule has 1 unspecified atom stereocenters. The third-order valence-electron chi connectivity index (χ3n) is 4.60. The molecule has 0 spiro atoms. The van der Waals surface area contributed by atoms with Crippen LogP contribution in [0.1, 0.15) is 49.8 Å². The molecule has 1 amide bonds. The number of hydrogen-bond donors (Lipinski definition) is 0. The third kappa shape index (κ3) is 3.31. The minimum Gasteiger partial charge on any atom is -0.331 e. The van der Waals surface area contributed by atoms with Gasteiger partial charge in [-0.2, -0.15) is 9.90 Å². The Labute approximate surface area is 147 Å². The summed E-state index contributed by atoms with van der Waals surface area (Å²) in [7, 11) is 0. The summed E-state index contributed by atoms with van der Waals surface area (Å²) in [5, 5.41) is 9.47. The number of carbonyl (C=O) groups excluding carboxylic acids is 1. The quantitative estimate of drug-likeness (QED) is 0.825. The van der Waals surface area contributed by atoms with Crippen LogP contribution in [0.25, 0.3) is 5.69 Å². The predicted molar refractivity (Wildman–Crippen MR) is 94.6 cm³/mol. The van der Waals surface area contributed by atoms with Crippen molar-refractivity contribution in [3.8, 4) is 5.69 Å². The zero-order valence-electron chi connectivity index (χ0n) is 14.5. The Morgan fingerprint density at radius 2 is 2.00 bits per heavy atom. The maximum absolute atomic E-state index is 13.1. The molecule has 3 rings (SSSR count). The van der Waals surface area contributed by atoms with Gasteiger partial charge in [0.1, 0.15) is 0 Å². The van der Waals surface area contributed by atoms with Crippen molar-refractivity contribution >= 4 is 17.5 Å². The fourth-order valence-electron chi connectivity index (χ4n) is 2.77. The molecule has 1 atom stereocenters. The molecule has 1 saturated carbocycles. The highest BCUT2D eigenvalue weighted by molar-refractivity contribution is 6.30. The highest BCUT2D eigenvalue weighted by Gasteiger charge is 2.38. The highest BCUT2D eigenvalue weighted by Crippen LogP contribution is 2.32. The number of rotatable bonds is 5. The van der Waals surface area contributed by atoms with Gasteiger partial charge in [0.2, 0.25) is 0 Å². The fraction of sp³-hybridized carbons (Fsp3) is 0.500. The lowest BCUT2D eigenvalue weighted by Gasteiger charge is -2.31. The van der Waals surface area contributed by atoms with Crippen LogP contribution in [-0.2, 0) is 0 Å². The summed E-state index contributed by atoms with van der Waals surface area (Å²) in [6.07, 6.45) is 2.15. The summed E-state index contributed by atoms with van der Waals surface area (Å²) in [6, 6.07) is 7.81. The van der Waals surface area contributed by atoms with Crippen molar-refractivity contribution in [2.24, 2.45) is 5.92 Å². The van der Waals surface area contributed by atoms with Gasteiger partial charge in [-0.15, -0.1) is 5.10 Å². The maximum Gasteiger partial charge on any atom is 0.276 e. The summed E-state index contributed by atoms with van der Waals surface area (Å²) in [5.74, 6) is 0.377. The first-order chi connectivity index (χ1) is 11.4. The summed E-state index contributed by atoms with van der Waals surface area (Å²) in [4.78, 5) is 16.6. The van der Waals surface area contributed by atoms with Crippen molar-refractivity contribution in [3.05, 3.63) is 40.7 Å². The van der Waals surface area contributed by atoms with Gasteiger partial charge < -0.3 is 4.90 Å². The van der Waals surface area contributed by atoms with Gasteiger partial charge in [0.05, 0.1) is 11.4 Å². The number of nitrogens with zero attached hydrogens (tertiary/aromatic N) is 4. The monoisotopic (exact) mass is 346 g/mol. The first-order valence-electron chi connectivity index (χ1n) is 8.41. The Hall–Kier alpha value is -1.88. The van der Waals surface area contributed by atoms with Crippen molar-refractivity contribution in [2.75, 3.05) is 0 Å². The van der Waals surface area contributed by atoms with Crippen LogP contribution in [0.5, 0.6) is 0 Å². The average molecular weight is 347 g/mol. The lowest BCUT2D eigenvalue weighted by atomic mass is 10.0. The second kappa shape index (κ2) is 6.55. The number of halogens is 1. The molecule has 24 heavy (non-hydrogen) atoms. The van der Waals surface area contributed by atoms with Crippen LogP contribution >= 0.6 is 11.6 Å². The Balaban J connectivity index is 1.92. The van der Waals surface area contributed by atoms with Crippen LogP contribution in [0.4, 0.5) is 0 Å². The Morgan fingerprint density at radius 3 is 2.58 bits per heavy atom. The van der Waals surface area contributed by atoms with Crippen molar-refractivity contribution in [1.82, 2.24) is 19.9 Å². The molecule has 0 saturated heterocycles. The third-order valence-corrected chi connectivity index (χ3v) is 4.84. The zero-order chi connectivity index (χ0) is 17.4. The van der Waals surface area contributed by atoms with Gasteiger partial charge in [-0.05, 0) is 50.8 Å². The molecular weight excluding hydrogens is 324 g/mol. The molecule has 0 aliphatic heterocycles. The fourth-order valence-corrected chi connectivity index (χ4v) is 2.96. The van der Waals surface area contributed by atoms with Gasteiger partial charge in [0, 0.05) is 17.1 Å². The second-order valence-electron chi connectivity index (χ2n) is 6.83. The standard InChI is InChI=1S/C18H23ClN4O/c1-11(2)13(4)22(15-8-9-15)18(24)17-12(3)20-23(21-17)16-7-5-6-14(19)10-16/h5-7,10-11,13,15H,8-9H2,1-4H3. The largest absolute Gasteiger partial charge is 0.331 e. The molecule has 5 nitrogen and oxygen atoms in total. The van der Waals surface area contributed by atoms with Gasteiger partial charge in [-0.1, -0.05) is 31.5 Å². The number of aryl methyl sites for hydroxylation is 1. The highest BCUT2D eigenvalue weighted by atomic mass is 35.5. The number of amides is 1. The van der Waals surface area contributed by atoms with Crippen molar-refractivity contribution in [2.45, 2.75) is 52.6 Å². The molecule has 1 fully saturated rings. The van der Waals surface area contributed by atoms with Crippen molar-refractivity contribution in [3.63, 3.8) is 0 Å². The number of benzene rings is 1. The van der Waals surface area contributed by atoms with Gasteiger partial charge in [0.25, 0.3) is 5.91 Å². The molecule has 1 aliphatic rings. The SMILES string of the molecule is Cc1nn(-c2cccc(Cl)c2)nc1C(=O)N(C1CC1)C(C)C(C)C. The molecule has 1 aliphatic carbocycles.